The van der Waals surface area contributed by atoms with Crippen molar-refractivity contribution in [3.63, 3.8) is 0 Å². The highest BCUT2D eigenvalue weighted by atomic mass is 16.5. The number of para-hydroxylation sites is 2. The van der Waals surface area contributed by atoms with Crippen molar-refractivity contribution >= 4 is 23.0 Å². The van der Waals surface area contributed by atoms with E-state index in [0.29, 0.717) is 11.3 Å². The Morgan fingerprint density at radius 1 is 1.19 bits per heavy atom. The van der Waals surface area contributed by atoms with Gasteiger partial charge in [0.2, 0.25) is 5.76 Å². The third kappa shape index (κ3) is 3.64. The van der Waals surface area contributed by atoms with E-state index >= 15 is 0 Å². The monoisotopic (exact) mass is 372 g/mol. The summed E-state index contributed by atoms with van der Waals surface area (Å²) in [5, 5.41) is 0. The second-order valence-corrected chi connectivity index (χ2v) is 6.11. The molecule has 8 heteroatoms. The van der Waals surface area contributed by atoms with Gasteiger partial charge in [-0.3, -0.25) is 13.9 Å². The number of carbonyl (C=O) groups is 2. The smallest absolute Gasteiger partial charge is 0.374 e. The molecule has 8 nitrogen and oxygen atoms in total. The first-order valence-corrected chi connectivity index (χ1v) is 8.40. The number of methoxy groups -OCH3 is 1. The average molecular weight is 372 g/mol. The van der Waals surface area contributed by atoms with Crippen LogP contribution in [0.25, 0.3) is 11.0 Å². The van der Waals surface area contributed by atoms with Gasteiger partial charge < -0.3 is 13.9 Å². The second-order valence-electron chi connectivity index (χ2n) is 6.11. The maximum absolute atomic E-state index is 12.3. The van der Waals surface area contributed by atoms with Crippen LogP contribution in [-0.2, 0) is 34.5 Å². The molecule has 27 heavy (non-hydrogen) atoms. The molecule has 0 atom stereocenters. The second kappa shape index (κ2) is 7.53. The molecule has 0 fully saturated rings. The van der Waals surface area contributed by atoms with Crippen LogP contribution in [0.4, 0.5) is 0 Å². The number of hydrogen-bond donors (Lipinski definition) is 0. The Balaban J connectivity index is 1.62. The third-order valence-corrected chi connectivity index (χ3v) is 4.31. The molecule has 0 aliphatic rings. The molecule has 0 aliphatic heterocycles. The summed E-state index contributed by atoms with van der Waals surface area (Å²) in [6.07, 6.45) is 0.0392. The maximum atomic E-state index is 12.3. The van der Waals surface area contributed by atoms with Crippen LogP contribution in [0.3, 0.4) is 0 Å². The number of fused-ring (bicyclic) bond motifs is 1. The van der Waals surface area contributed by atoms with Gasteiger partial charge in [-0.15, -0.1) is 0 Å². The largest absolute Gasteiger partial charge is 0.463 e. The van der Waals surface area contributed by atoms with E-state index in [2.05, 4.69) is 4.74 Å². The van der Waals surface area contributed by atoms with Gasteiger partial charge in [0.05, 0.1) is 24.6 Å². The zero-order valence-corrected chi connectivity index (χ0v) is 15.4. The lowest BCUT2D eigenvalue weighted by Crippen LogP contribution is -2.23. The molecule has 0 amide bonds. The van der Waals surface area contributed by atoms with Crippen LogP contribution in [0.1, 0.15) is 28.3 Å². The van der Waals surface area contributed by atoms with Crippen molar-refractivity contribution in [1.82, 2.24) is 9.13 Å². The van der Waals surface area contributed by atoms with E-state index in [-0.39, 0.29) is 31.0 Å². The SMILES string of the molecule is COC(=O)c1oc(COC(=O)CCn2c(=O)n(C)c3ccccc32)cc1C. The molecule has 142 valence electrons. The van der Waals surface area contributed by atoms with Crippen molar-refractivity contribution in [3.05, 3.63) is 57.9 Å². The lowest BCUT2D eigenvalue weighted by atomic mass is 10.2. The Morgan fingerprint density at radius 2 is 1.89 bits per heavy atom. The first-order chi connectivity index (χ1) is 12.9. The number of ether oxygens (including phenoxy) is 2. The Hall–Kier alpha value is -3.29. The number of benzene rings is 1. The molecule has 0 bridgehead atoms. The quantitative estimate of drug-likeness (QED) is 0.616. The van der Waals surface area contributed by atoms with Gasteiger partial charge >= 0.3 is 17.6 Å². The fourth-order valence-corrected chi connectivity index (χ4v) is 2.92. The normalized spacial score (nSPS) is 10.9. The average Bonchev–Trinajstić information content (AvgIpc) is 3.16. The number of aryl methyl sites for hydroxylation is 3. The number of rotatable bonds is 6. The van der Waals surface area contributed by atoms with Gasteiger partial charge in [-0.05, 0) is 25.1 Å². The Bertz CT molecular complexity index is 1060. The maximum Gasteiger partial charge on any atom is 0.374 e. The molecule has 0 spiro atoms. The van der Waals surface area contributed by atoms with Crippen molar-refractivity contribution in [1.29, 1.82) is 0 Å². The number of hydrogen-bond acceptors (Lipinski definition) is 6. The van der Waals surface area contributed by atoms with Crippen LogP contribution in [0.2, 0.25) is 0 Å². The summed E-state index contributed by atoms with van der Waals surface area (Å²) in [6, 6.07) is 9.00. The lowest BCUT2D eigenvalue weighted by molar-refractivity contribution is -0.145. The highest BCUT2D eigenvalue weighted by Gasteiger charge is 2.17. The van der Waals surface area contributed by atoms with Gasteiger partial charge in [0.25, 0.3) is 0 Å². The van der Waals surface area contributed by atoms with Gasteiger partial charge in [-0.25, -0.2) is 9.59 Å². The van der Waals surface area contributed by atoms with E-state index in [1.54, 1.807) is 29.2 Å². The van der Waals surface area contributed by atoms with E-state index in [1.165, 1.54) is 7.11 Å². The summed E-state index contributed by atoms with van der Waals surface area (Å²) < 4.78 is 18.2. The van der Waals surface area contributed by atoms with E-state index in [0.717, 1.165) is 11.0 Å². The molecule has 3 aromatic rings. The zero-order chi connectivity index (χ0) is 19.6. The molecule has 0 N–H and O–H groups in total. The van der Waals surface area contributed by atoms with Gasteiger partial charge in [-0.2, -0.15) is 0 Å². The Kier molecular flexibility index (Phi) is 5.16. The summed E-state index contributed by atoms with van der Waals surface area (Å²) >= 11 is 0. The number of nitrogens with zero attached hydrogens (tertiary/aromatic N) is 2. The van der Waals surface area contributed by atoms with Crippen molar-refractivity contribution in [2.45, 2.75) is 26.5 Å². The first-order valence-electron chi connectivity index (χ1n) is 8.40. The number of furan rings is 1. The summed E-state index contributed by atoms with van der Waals surface area (Å²) in [7, 11) is 2.96. The molecule has 0 radical (unpaired) electrons. The molecule has 1 aromatic carbocycles. The highest BCUT2D eigenvalue weighted by Crippen LogP contribution is 2.17. The molecule has 2 aromatic heterocycles. The van der Waals surface area contributed by atoms with E-state index < -0.39 is 11.9 Å². The predicted molar refractivity (Wildman–Crippen MR) is 96.4 cm³/mol. The first kappa shape index (κ1) is 18.5. The van der Waals surface area contributed by atoms with Crippen LogP contribution in [-0.4, -0.2) is 28.2 Å². The molecule has 0 unspecified atom stereocenters. The van der Waals surface area contributed by atoms with E-state index in [9.17, 15) is 14.4 Å². The van der Waals surface area contributed by atoms with Crippen LogP contribution in [0.5, 0.6) is 0 Å². The fourth-order valence-electron chi connectivity index (χ4n) is 2.92. The third-order valence-electron chi connectivity index (χ3n) is 4.31. The van der Waals surface area contributed by atoms with Crippen LogP contribution in [0, 0.1) is 6.92 Å². The topological polar surface area (TPSA) is 92.7 Å². The Labute approximate surface area is 154 Å². The molecule has 2 heterocycles. The fraction of sp³-hybridized carbons (Fsp3) is 0.316. The summed E-state index contributed by atoms with van der Waals surface area (Å²) in [5.41, 5.74) is 1.99. The zero-order valence-electron chi connectivity index (χ0n) is 15.4. The minimum atomic E-state index is -0.583. The Morgan fingerprint density at radius 3 is 2.59 bits per heavy atom. The van der Waals surface area contributed by atoms with Crippen molar-refractivity contribution in [3.8, 4) is 0 Å². The minimum absolute atomic E-state index is 0.0392. The number of imidazole rings is 1. The standard InChI is InChI=1S/C19H20N2O6/c1-12-10-13(27-17(12)18(23)25-3)11-26-16(22)8-9-21-15-7-5-4-6-14(15)20(2)19(21)24/h4-7,10H,8-9,11H2,1-3H3. The summed E-state index contributed by atoms with van der Waals surface area (Å²) in [6.45, 7) is 1.82. The van der Waals surface area contributed by atoms with Crippen LogP contribution >= 0.6 is 0 Å². The molecule has 3 rings (SSSR count). The van der Waals surface area contributed by atoms with Crippen molar-refractivity contribution < 1.29 is 23.5 Å². The molecular weight excluding hydrogens is 352 g/mol. The number of carbonyl (C=O) groups excluding carboxylic acids is 2. The lowest BCUT2D eigenvalue weighted by Gasteiger charge is -2.04. The molecule has 0 saturated heterocycles. The summed E-state index contributed by atoms with van der Waals surface area (Å²) in [4.78, 5) is 35.9. The van der Waals surface area contributed by atoms with E-state index in [1.807, 2.05) is 24.3 Å². The van der Waals surface area contributed by atoms with Crippen molar-refractivity contribution in [2.24, 2.45) is 7.05 Å². The van der Waals surface area contributed by atoms with Gasteiger partial charge in [0, 0.05) is 19.2 Å². The number of esters is 2. The van der Waals surface area contributed by atoms with Gasteiger partial charge in [-0.1, -0.05) is 12.1 Å². The van der Waals surface area contributed by atoms with Gasteiger partial charge in [0.15, 0.2) is 0 Å². The summed E-state index contributed by atoms with van der Waals surface area (Å²) in [5.74, 6) is -0.613. The van der Waals surface area contributed by atoms with Crippen LogP contribution < -0.4 is 5.69 Å². The molecule has 0 saturated carbocycles. The van der Waals surface area contributed by atoms with E-state index in [4.69, 9.17) is 9.15 Å². The highest BCUT2D eigenvalue weighted by molar-refractivity contribution is 5.87. The molecule has 0 aliphatic carbocycles. The van der Waals surface area contributed by atoms with Gasteiger partial charge in [0.1, 0.15) is 12.4 Å². The molecular formula is C19H20N2O6. The van der Waals surface area contributed by atoms with Crippen molar-refractivity contribution in [2.75, 3.05) is 7.11 Å². The minimum Gasteiger partial charge on any atom is -0.463 e. The number of aromatic nitrogens is 2. The predicted octanol–water partition coefficient (Wildman–Crippen LogP) is 2.16. The van der Waals surface area contributed by atoms with Crippen LogP contribution in [0.15, 0.2) is 39.5 Å².